The Morgan fingerprint density at radius 3 is 2.62 bits per heavy atom. The Morgan fingerprint density at radius 1 is 1.28 bits per heavy atom. The number of anilines is 1. The molecule has 3 rings (SSSR count). The van der Waals surface area contributed by atoms with E-state index in [1.807, 2.05) is 40.0 Å². The van der Waals surface area contributed by atoms with Gasteiger partial charge in [0, 0.05) is 12.1 Å². The van der Waals surface area contributed by atoms with Crippen molar-refractivity contribution in [2.24, 2.45) is 7.05 Å². The predicted molar refractivity (Wildman–Crippen MR) is 114 cm³/mol. The highest BCUT2D eigenvalue weighted by atomic mass is 35.5. The molecule has 1 amide bonds. The Labute approximate surface area is 175 Å². The fourth-order valence-electron chi connectivity index (χ4n) is 3.10. The van der Waals surface area contributed by atoms with Crippen LogP contribution in [-0.4, -0.2) is 15.7 Å². The first kappa shape index (κ1) is 21.0. The number of aromatic nitrogens is 2. The molecule has 0 bridgehead atoms. The number of amides is 1. The maximum absolute atomic E-state index is 12.5. The zero-order valence-electron chi connectivity index (χ0n) is 17.6. The molecule has 0 unspecified atom stereocenters. The summed E-state index contributed by atoms with van der Waals surface area (Å²) in [7, 11) is 1.84. The second kappa shape index (κ2) is 8.33. The molecule has 0 radical (unpaired) electrons. The molecule has 1 N–H and O–H groups in total. The van der Waals surface area contributed by atoms with Crippen molar-refractivity contribution < 1.29 is 13.9 Å². The molecular formula is C22H26ClN3O3. The van der Waals surface area contributed by atoms with E-state index in [9.17, 15) is 4.79 Å². The Kier molecular flexibility index (Phi) is 6.03. The molecule has 0 spiro atoms. The van der Waals surface area contributed by atoms with Gasteiger partial charge in [0.15, 0.2) is 5.76 Å². The first-order valence-electron chi connectivity index (χ1n) is 9.50. The highest BCUT2D eigenvalue weighted by Gasteiger charge is 2.17. The van der Waals surface area contributed by atoms with Crippen LogP contribution in [0.4, 0.5) is 5.69 Å². The van der Waals surface area contributed by atoms with E-state index in [0.717, 1.165) is 33.3 Å². The maximum atomic E-state index is 12.5. The van der Waals surface area contributed by atoms with E-state index in [0.29, 0.717) is 11.4 Å². The minimum Gasteiger partial charge on any atom is -0.485 e. The summed E-state index contributed by atoms with van der Waals surface area (Å²) in [5, 5.41) is 7.89. The van der Waals surface area contributed by atoms with Crippen LogP contribution in [0, 0.1) is 20.8 Å². The standard InChI is InChI=1S/C22H26ClN3O3/c1-12(2)17-10-18(23)13(3)9-20(17)28-11-16-7-8-19(29-16)22(27)24-21-14(4)25-26(6)15(21)5/h7-10,12H,11H2,1-6H3,(H,24,27). The van der Waals surface area contributed by atoms with Crippen LogP contribution in [0.25, 0.3) is 0 Å². The number of aryl methyl sites for hydroxylation is 3. The minimum absolute atomic E-state index is 0.221. The summed E-state index contributed by atoms with van der Waals surface area (Å²) in [6.45, 7) is 10.1. The third kappa shape index (κ3) is 4.48. The van der Waals surface area contributed by atoms with Crippen molar-refractivity contribution in [3.8, 4) is 5.75 Å². The number of nitrogens with zero attached hydrogens (tertiary/aromatic N) is 2. The van der Waals surface area contributed by atoms with Crippen LogP contribution >= 0.6 is 11.6 Å². The quantitative estimate of drug-likeness (QED) is 0.573. The van der Waals surface area contributed by atoms with Gasteiger partial charge in [-0.2, -0.15) is 5.10 Å². The number of carbonyl (C=O) groups excluding carboxylic acids is 1. The normalized spacial score (nSPS) is 11.2. The smallest absolute Gasteiger partial charge is 0.291 e. The zero-order valence-corrected chi connectivity index (χ0v) is 18.3. The molecule has 0 saturated carbocycles. The average molecular weight is 416 g/mol. The van der Waals surface area contributed by atoms with E-state index in [1.54, 1.807) is 16.8 Å². The van der Waals surface area contributed by atoms with E-state index in [1.165, 1.54) is 0 Å². The number of furan rings is 1. The van der Waals surface area contributed by atoms with Crippen molar-refractivity contribution in [1.82, 2.24) is 9.78 Å². The molecule has 7 heteroatoms. The largest absolute Gasteiger partial charge is 0.485 e. The molecule has 2 heterocycles. The maximum Gasteiger partial charge on any atom is 0.291 e. The molecule has 154 valence electrons. The minimum atomic E-state index is -0.319. The first-order chi connectivity index (χ1) is 13.7. The van der Waals surface area contributed by atoms with Crippen molar-refractivity contribution in [2.75, 3.05) is 5.32 Å². The second-order valence-electron chi connectivity index (χ2n) is 7.47. The van der Waals surface area contributed by atoms with Gasteiger partial charge in [-0.1, -0.05) is 25.4 Å². The molecule has 1 aromatic carbocycles. The van der Waals surface area contributed by atoms with Gasteiger partial charge in [0.25, 0.3) is 5.91 Å². The second-order valence-corrected chi connectivity index (χ2v) is 7.88. The SMILES string of the molecule is Cc1cc(OCc2ccc(C(=O)Nc3c(C)nn(C)c3C)o2)c(C(C)C)cc1Cl. The number of hydrogen-bond donors (Lipinski definition) is 1. The van der Waals surface area contributed by atoms with Crippen LogP contribution in [0.3, 0.4) is 0 Å². The molecular weight excluding hydrogens is 390 g/mol. The van der Waals surface area contributed by atoms with Crippen LogP contribution in [0.15, 0.2) is 28.7 Å². The van der Waals surface area contributed by atoms with E-state index < -0.39 is 0 Å². The van der Waals surface area contributed by atoms with Crippen LogP contribution in [-0.2, 0) is 13.7 Å². The molecule has 0 atom stereocenters. The van der Waals surface area contributed by atoms with Gasteiger partial charge in [-0.15, -0.1) is 0 Å². The molecule has 0 saturated heterocycles. The Hall–Kier alpha value is -2.73. The summed E-state index contributed by atoms with van der Waals surface area (Å²) >= 11 is 6.25. The molecule has 6 nitrogen and oxygen atoms in total. The fraction of sp³-hybridized carbons (Fsp3) is 0.364. The summed E-state index contributed by atoms with van der Waals surface area (Å²) < 4.78 is 13.4. The molecule has 0 fully saturated rings. The lowest BCUT2D eigenvalue weighted by molar-refractivity contribution is 0.0992. The summed E-state index contributed by atoms with van der Waals surface area (Å²) in [6.07, 6.45) is 0. The zero-order chi connectivity index (χ0) is 21.3. The van der Waals surface area contributed by atoms with Gasteiger partial charge in [0.1, 0.15) is 18.1 Å². The van der Waals surface area contributed by atoms with Crippen molar-refractivity contribution in [3.63, 3.8) is 0 Å². The van der Waals surface area contributed by atoms with Crippen LogP contribution in [0.1, 0.15) is 58.6 Å². The van der Waals surface area contributed by atoms with Gasteiger partial charge in [0.05, 0.1) is 17.1 Å². The van der Waals surface area contributed by atoms with Crippen LogP contribution < -0.4 is 10.1 Å². The van der Waals surface area contributed by atoms with E-state index >= 15 is 0 Å². The number of carbonyl (C=O) groups is 1. The Morgan fingerprint density at radius 2 is 2.00 bits per heavy atom. The van der Waals surface area contributed by atoms with E-state index in [2.05, 4.69) is 24.3 Å². The third-order valence-electron chi connectivity index (χ3n) is 4.92. The monoisotopic (exact) mass is 415 g/mol. The van der Waals surface area contributed by atoms with Crippen molar-refractivity contribution in [2.45, 2.75) is 47.1 Å². The molecule has 2 aromatic heterocycles. The highest BCUT2D eigenvalue weighted by molar-refractivity contribution is 6.31. The predicted octanol–water partition coefficient (Wildman–Crippen LogP) is 5.55. The molecule has 3 aromatic rings. The van der Waals surface area contributed by atoms with Gasteiger partial charge in [-0.25, -0.2) is 0 Å². The van der Waals surface area contributed by atoms with Crippen molar-refractivity contribution >= 4 is 23.2 Å². The lowest BCUT2D eigenvalue weighted by Gasteiger charge is -2.15. The first-order valence-corrected chi connectivity index (χ1v) is 9.88. The summed E-state index contributed by atoms with van der Waals surface area (Å²) in [5.41, 5.74) is 4.32. The lowest BCUT2D eigenvalue weighted by Crippen LogP contribution is -2.12. The van der Waals surface area contributed by atoms with Crippen molar-refractivity contribution in [3.05, 3.63) is 63.3 Å². The highest BCUT2D eigenvalue weighted by Crippen LogP contribution is 2.32. The number of benzene rings is 1. The lowest BCUT2D eigenvalue weighted by atomic mass is 10.0. The van der Waals surface area contributed by atoms with E-state index in [4.69, 9.17) is 20.8 Å². The molecule has 0 aliphatic carbocycles. The number of rotatable bonds is 6. The number of nitrogens with one attached hydrogen (secondary N) is 1. The van der Waals surface area contributed by atoms with Crippen LogP contribution in [0.2, 0.25) is 5.02 Å². The Bertz CT molecular complexity index is 1050. The molecule has 29 heavy (non-hydrogen) atoms. The Balaban J connectivity index is 1.71. The molecule has 0 aliphatic rings. The van der Waals surface area contributed by atoms with E-state index in [-0.39, 0.29) is 24.2 Å². The summed E-state index contributed by atoms with van der Waals surface area (Å²) in [6, 6.07) is 7.26. The van der Waals surface area contributed by atoms with Gasteiger partial charge >= 0.3 is 0 Å². The number of hydrogen-bond acceptors (Lipinski definition) is 4. The van der Waals surface area contributed by atoms with Gasteiger partial charge in [0.2, 0.25) is 0 Å². The number of halogens is 1. The van der Waals surface area contributed by atoms with Crippen molar-refractivity contribution in [1.29, 1.82) is 0 Å². The van der Waals surface area contributed by atoms with Crippen LogP contribution in [0.5, 0.6) is 5.75 Å². The molecule has 0 aliphatic heterocycles. The number of ether oxygens (including phenoxy) is 1. The van der Waals surface area contributed by atoms with Gasteiger partial charge in [-0.3, -0.25) is 9.48 Å². The topological polar surface area (TPSA) is 69.3 Å². The van der Waals surface area contributed by atoms with Gasteiger partial charge in [-0.05, 0) is 62.1 Å². The fourth-order valence-corrected chi connectivity index (χ4v) is 3.27. The average Bonchev–Trinajstić information content (AvgIpc) is 3.22. The van der Waals surface area contributed by atoms with Gasteiger partial charge < -0.3 is 14.5 Å². The third-order valence-corrected chi connectivity index (χ3v) is 5.32. The summed E-state index contributed by atoms with van der Waals surface area (Å²) in [4.78, 5) is 12.5. The summed E-state index contributed by atoms with van der Waals surface area (Å²) in [5.74, 6) is 1.51.